The Bertz CT molecular complexity index is 948. The lowest BCUT2D eigenvalue weighted by atomic mass is 10.0. The minimum absolute atomic E-state index is 0.0720. The number of nitrogens with zero attached hydrogens (tertiary/aromatic N) is 2. The molecule has 1 atom stereocenters. The molecule has 0 bridgehead atoms. The molecule has 0 unspecified atom stereocenters. The summed E-state index contributed by atoms with van der Waals surface area (Å²) in [6.07, 6.45) is 0.190. The number of morpholine rings is 1. The molecule has 7 nitrogen and oxygen atoms in total. The maximum atomic E-state index is 12.6. The molecule has 1 aliphatic rings. The smallest absolute Gasteiger partial charge is 0.226 e. The monoisotopic (exact) mass is 395 g/mol. The second-order valence-electron chi connectivity index (χ2n) is 7.04. The Morgan fingerprint density at radius 1 is 1.17 bits per heavy atom. The van der Waals surface area contributed by atoms with E-state index in [9.17, 15) is 4.79 Å². The van der Waals surface area contributed by atoms with Crippen molar-refractivity contribution in [3.05, 3.63) is 59.8 Å². The van der Waals surface area contributed by atoms with Crippen molar-refractivity contribution in [2.24, 2.45) is 0 Å². The Kier molecular flexibility index (Phi) is 6.07. The summed E-state index contributed by atoms with van der Waals surface area (Å²) in [5.74, 6) is 0.743. The first-order chi connectivity index (χ1) is 14.2. The van der Waals surface area contributed by atoms with Crippen LogP contribution in [0.1, 0.15) is 17.3 Å². The summed E-state index contributed by atoms with van der Waals surface area (Å²) in [5, 5.41) is 8.01. The van der Waals surface area contributed by atoms with E-state index in [1.807, 2.05) is 36.4 Å². The summed E-state index contributed by atoms with van der Waals surface area (Å²) in [4.78, 5) is 15.0. The Labute approximate surface area is 169 Å². The van der Waals surface area contributed by atoms with E-state index in [0.717, 1.165) is 29.8 Å². The molecular formula is C22H25N3O4. The van der Waals surface area contributed by atoms with Gasteiger partial charge in [0.15, 0.2) is 5.58 Å². The van der Waals surface area contributed by atoms with Crippen molar-refractivity contribution in [1.29, 1.82) is 0 Å². The normalized spacial score (nSPS) is 15.9. The molecule has 1 N–H and O–H groups in total. The number of rotatable bonds is 7. The zero-order valence-electron chi connectivity index (χ0n) is 16.5. The van der Waals surface area contributed by atoms with Crippen LogP contribution in [0.3, 0.4) is 0 Å². The highest BCUT2D eigenvalue weighted by atomic mass is 16.5. The summed E-state index contributed by atoms with van der Waals surface area (Å²) in [6, 6.07) is 15.6. The molecule has 29 heavy (non-hydrogen) atoms. The van der Waals surface area contributed by atoms with E-state index in [0.29, 0.717) is 31.0 Å². The van der Waals surface area contributed by atoms with Gasteiger partial charge in [0.05, 0.1) is 32.8 Å². The summed E-state index contributed by atoms with van der Waals surface area (Å²) in [6.45, 7) is 3.58. The molecule has 1 aromatic heterocycles. The number of nitrogens with one attached hydrogen (secondary N) is 1. The first kappa shape index (κ1) is 19.4. The quantitative estimate of drug-likeness (QED) is 0.663. The minimum Gasteiger partial charge on any atom is -0.497 e. The van der Waals surface area contributed by atoms with Crippen LogP contribution in [0, 0.1) is 0 Å². The number of ether oxygens (including phenoxy) is 2. The van der Waals surface area contributed by atoms with Crippen LogP contribution in [0.5, 0.6) is 5.75 Å². The Morgan fingerprint density at radius 3 is 2.69 bits per heavy atom. The van der Waals surface area contributed by atoms with Crippen molar-refractivity contribution < 1.29 is 18.8 Å². The number of hydrogen-bond donors (Lipinski definition) is 1. The number of amides is 1. The van der Waals surface area contributed by atoms with Gasteiger partial charge < -0.3 is 19.3 Å². The van der Waals surface area contributed by atoms with Gasteiger partial charge in [-0.05, 0) is 29.8 Å². The van der Waals surface area contributed by atoms with Gasteiger partial charge in [-0.25, -0.2) is 0 Å². The van der Waals surface area contributed by atoms with Gasteiger partial charge in [0, 0.05) is 25.0 Å². The Hall–Kier alpha value is -2.90. The highest BCUT2D eigenvalue weighted by Crippen LogP contribution is 2.24. The molecule has 0 spiro atoms. The highest BCUT2D eigenvalue weighted by Gasteiger charge is 2.23. The van der Waals surface area contributed by atoms with E-state index >= 15 is 0 Å². The Morgan fingerprint density at radius 2 is 1.93 bits per heavy atom. The molecule has 1 fully saturated rings. The number of fused-ring (bicyclic) bond motifs is 1. The largest absolute Gasteiger partial charge is 0.497 e. The lowest BCUT2D eigenvalue weighted by Crippen LogP contribution is -2.44. The number of aromatic nitrogens is 1. The van der Waals surface area contributed by atoms with Gasteiger partial charge in [-0.2, -0.15) is 0 Å². The van der Waals surface area contributed by atoms with Crippen molar-refractivity contribution in [3.8, 4) is 5.75 Å². The van der Waals surface area contributed by atoms with E-state index in [2.05, 4.69) is 27.5 Å². The van der Waals surface area contributed by atoms with Crippen LogP contribution in [-0.2, 0) is 16.0 Å². The number of hydrogen-bond acceptors (Lipinski definition) is 6. The maximum Gasteiger partial charge on any atom is 0.226 e. The molecule has 1 amide bonds. The maximum absolute atomic E-state index is 12.6. The van der Waals surface area contributed by atoms with Crippen LogP contribution < -0.4 is 10.1 Å². The molecule has 2 aromatic carbocycles. The zero-order chi connectivity index (χ0) is 20.1. The fourth-order valence-corrected chi connectivity index (χ4v) is 3.66. The summed E-state index contributed by atoms with van der Waals surface area (Å²) in [5.41, 5.74) is 2.49. The average molecular weight is 395 g/mol. The summed E-state index contributed by atoms with van der Waals surface area (Å²) < 4.78 is 16.1. The number of benzene rings is 2. The number of carbonyl (C=O) groups is 1. The lowest BCUT2D eigenvalue weighted by Gasteiger charge is -2.35. The van der Waals surface area contributed by atoms with E-state index in [-0.39, 0.29) is 18.4 Å². The van der Waals surface area contributed by atoms with Gasteiger partial charge in [0.25, 0.3) is 0 Å². The SMILES string of the molecule is COc1ccc([C@@H](CNC(=O)Cc2noc3ccccc23)N2CCOCC2)cc1. The van der Waals surface area contributed by atoms with Crippen LogP contribution in [0.4, 0.5) is 0 Å². The topological polar surface area (TPSA) is 76.8 Å². The molecule has 1 aliphatic heterocycles. The molecule has 152 valence electrons. The Balaban J connectivity index is 1.44. The number of carbonyl (C=O) groups excluding carboxylic acids is 1. The molecule has 7 heteroatoms. The zero-order valence-corrected chi connectivity index (χ0v) is 16.5. The van der Waals surface area contributed by atoms with Crippen LogP contribution in [0.25, 0.3) is 11.0 Å². The standard InChI is InChI=1S/C22H25N3O4/c1-27-17-8-6-16(7-9-17)20(25-10-12-28-13-11-25)15-23-22(26)14-19-18-4-2-3-5-21(18)29-24-19/h2-9,20H,10-15H2,1H3,(H,23,26)/t20-/m1/s1. The number of methoxy groups -OCH3 is 1. The molecule has 0 radical (unpaired) electrons. The van der Waals surface area contributed by atoms with Gasteiger partial charge in [0.1, 0.15) is 11.4 Å². The lowest BCUT2D eigenvalue weighted by molar-refractivity contribution is -0.120. The van der Waals surface area contributed by atoms with Crippen molar-refractivity contribution in [3.63, 3.8) is 0 Å². The van der Waals surface area contributed by atoms with Gasteiger partial charge in [-0.15, -0.1) is 0 Å². The third-order valence-corrected chi connectivity index (χ3v) is 5.26. The van der Waals surface area contributed by atoms with E-state index in [1.54, 1.807) is 7.11 Å². The molecule has 4 rings (SSSR count). The van der Waals surface area contributed by atoms with E-state index in [1.165, 1.54) is 0 Å². The fraction of sp³-hybridized carbons (Fsp3) is 0.364. The minimum atomic E-state index is -0.0733. The first-order valence-electron chi connectivity index (χ1n) is 9.80. The van der Waals surface area contributed by atoms with Gasteiger partial charge in [-0.1, -0.05) is 29.4 Å². The first-order valence-corrected chi connectivity index (χ1v) is 9.80. The van der Waals surface area contributed by atoms with Crippen LogP contribution in [-0.4, -0.2) is 55.9 Å². The van der Waals surface area contributed by atoms with Crippen LogP contribution in [0.15, 0.2) is 53.1 Å². The van der Waals surface area contributed by atoms with Gasteiger partial charge >= 0.3 is 0 Å². The van der Waals surface area contributed by atoms with Crippen molar-refractivity contribution in [1.82, 2.24) is 15.4 Å². The van der Waals surface area contributed by atoms with Gasteiger partial charge in [-0.3, -0.25) is 9.69 Å². The molecule has 2 heterocycles. The molecule has 0 aliphatic carbocycles. The number of para-hydroxylation sites is 1. The van der Waals surface area contributed by atoms with Crippen molar-refractivity contribution in [2.45, 2.75) is 12.5 Å². The molecule has 0 saturated carbocycles. The molecular weight excluding hydrogens is 370 g/mol. The van der Waals surface area contributed by atoms with E-state index < -0.39 is 0 Å². The third-order valence-electron chi connectivity index (χ3n) is 5.26. The summed E-state index contributed by atoms with van der Waals surface area (Å²) >= 11 is 0. The average Bonchev–Trinajstić information content (AvgIpc) is 3.18. The van der Waals surface area contributed by atoms with Crippen molar-refractivity contribution in [2.75, 3.05) is 40.0 Å². The van der Waals surface area contributed by atoms with Crippen molar-refractivity contribution >= 4 is 16.9 Å². The van der Waals surface area contributed by atoms with Crippen LogP contribution >= 0.6 is 0 Å². The molecule has 3 aromatic rings. The van der Waals surface area contributed by atoms with Crippen LogP contribution in [0.2, 0.25) is 0 Å². The fourth-order valence-electron chi connectivity index (χ4n) is 3.66. The molecule has 1 saturated heterocycles. The highest BCUT2D eigenvalue weighted by molar-refractivity contribution is 5.86. The third kappa shape index (κ3) is 4.58. The predicted octanol–water partition coefficient (Wildman–Crippen LogP) is 2.57. The summed E-state index contributed by atoms with van der Waals surface area (Å²) in [7, 11) is 1.66. The second-order valence-corrected chi connectivity index (χ2v) is 7.04. The predicted molar refractivity (Wildman–Crippen MR) is 109 cm³/mol. The van der Waals surface area contributed by atoms with Gasteiger partial charge in [0.2, 0.25) is 5.91 Å². The van der Waals surface area contributed by atoms with E-state index in [4.69, 9.17) is 14.0 Å². The second kappa shape index (κ2) is 9.07.